The summed E-state index contributed by atoms with van der Waals surface area (Å²) in [6.07, 6.45) is 64.5. The predicted octanol–water partition coefficient (Wildman–Crippen LogP) is 17.4. The lowest BCUT2D eigenvalue weighted by atomic mass is 10.0. The van der Waals surface area contributed by atoms with E-state index >= 15 is 0 Å². The number of hydrogen-bond donors (Lipinski definition) is 0. The monoisotopic (exact) mass is 879 g/mol. The molecule has 0 heterocycles. The maximum absolute atomic E-state index is 12.8. The molecule has 0 aromatic carbocycles. The Morgan fingerprint density at radius 2 is 0.587 bits per heavy atom. The largest absolute Gasteiger partial charge is 0.462 e. The third kappa shape index (κ3) is 49.7. The van der Waals surface area contributed by atoms with Gasteiger partial charge in [0.1, 0.15) is 13.2 Å². The highest BCUT2D eigenvalue weighted by atomic mass is 16.6. The van der Waals surface area contributed by atoms with Crippen molar-refractivity contribution in [3.05, 3.63) is 72.9 Å². The summed E-state index contributed by atoms with van der Waals surface area (Å²) < 4.78 is 16.7. The molecule has 0 N–H and O–H groups in total. The van der Waals surface area contributed by atoms with Crippen molar-refractivity contribution in [2.75, 3.05) is 13.2 Å². The van der Waals surface area contributed by atoms with Crippen LogP contribution in [0, 0.1) is 0 Å². The first-order valence-electron chi connectivity index (χ1n) is 26.4. The molecule has 0 aromatic heterocycles. The molecule has 0 aliphatic carbocycles. The fraction of sp³-hybridized carbons (Fsp3) is 0.737. The van der Waals surface area contributed by atoms with Gasteiger partial charge in [0.2, 0.25) is 0 Å². The van der Waals surface area contributed by atoms with E-state index in [4.69, 9.17) is 14.2 Å². The Hall–Kier alpha value is -3.15. The molecule has 0 rings (SSSR count). The van der Waals surface area contributed by atoms with Crippen LogP contribution in [-0.4, -0.2) is 37.2 Å². The van der Waals surface area contributed by atoms with Crippen LogP contribution < -0.4 is 0 Å². The van der Waals surface area contributed by atoms with Gasteiger partial charge in [0, 0.05) is 19.3 Å². The number of unbranched alkanes of at least 4 members (excludes halogenated alkanes) is 24. The molecule has 0 radical (unpaired) electrons. The highest BCUT2D eigenvalue weighted by Gasteiger charge is 2.19. The van der Waals surface area contributed by atoms with Crippen molar-refractivity contribution in [2.45, 2.75) is 258 Å². The van der Waals surface area contributed by atoms with Crippen molar-refractivity contribution in [1.29, 1.82) is 0 Å². The quantitative estimate of drug-likeness (QED) is 0.0262. The third-order valence-electron chi connectivity index (χ3n) is 11.2. The summed E-state index contributed by atoms with van der Waals surface area (Å²) in [5, 5.41) is 0. The first kappa shape index (κ1) is 59.9. The molecule has 0 saturated heterocycles. The molecule has 0 aliphatic rings. The number of hydrogen-bond acceptors (Lipinski definition) is 6. The van der Waals surface area contributed by atoms with E-state index in [-0.39, 0.29) is 37.5 Å². The normalized spacial score (nSPS) is 12.6. The predicted molar refractivity (Wildman–Crippen MR) is 270 cm³/mol. The Morgan fingerprint density at radius 1 is 0.317 bits per heavy atom. The molecule has 0 aliphatic heterocycles. The van der Waals surface area contributed by atoms with E-state index in [1.807, 2.05) is 0 Å². The van der Waals surface area contributed by atoms with Gasteiger partial charge in [-0.3, -0.25) is 14.4 Å². The van der Waals surface area contributed by atoms with Crippen molar-refractivity contribution in [3.63, 3.8) is 0 Å². The Kier molecular flexibility index (Phi) is 48.9. The molecule has 0 unspecified atom stereocenters. The van der Waals surface area contributed by atoms with Gasteiger partial charge >= 0.3 is 17.9 Å². The van der Waals surface area contributed by atoms with Gasteiger partial charge in [0.25, 0.3) is 0 Å². The van der Waals surface area contributed by atoms with Gasteiger partial charge < -0.3 is 14.2 Å². The molecule has 1 atom stereocenters. The molecule has 0 saturated carbocycles. The molecule has 0 amide bonds. The molecule has 63 heavy (non-hydrogen) atoms. The van der Waals surface area contributed by atoms with Gasteiger partial charge in [-0.2, -0.15) is 0 Å². The van der Waals surface area contributed by atoms with Crippen molar-refractivity contribution in [1.82, 2.24) is 0 Å². The van der Waals surface area contributed by atoms with Crippen LogP contribution in [0.2, 0.25) is 0 Å². The maximum atomic E-state index is 12.8. The van der Waals surface area contributed by atoms with Gasteiger partial charge in [0.05, 0.1) is 0 Å². The van der Waals surface area contributed by atoms with Crippen molar-refractivity contribution in [3.8, 4) is 0 Å². The molecular formula is C57H98O6. The van der Waals surface area contributed by atoms with Gasteiger partial charge in [0.15, 0.2) is 6.10 Å². The van der Waals surface area contributed by atoms with Crippen LogP contribution in [0.15, 0.2) is 72.9 Å². The first-order chi connectivity index (χ1) is 31.0. The Morgan fingerprint density at radius 3 is 0.968 bits per heavy atom. The zero-order chi connectivity index (χ0) is 45.8. The number of ether oxygens (including phenoxy) is 3. The van der Waals surface area contributed by atoms with Gasteiger partial charge in [-0.15, -0.1) is 0 Å². The molecule has 0 spiro atoms. The van der Waals surface area contributed by atoms with Crippen LogP contribution in [0.4, 0.5) is 0 Å². The summed E-state index contributed by atoms with van der Waals surface area (Å²) in [6.45, 7) is 6.53. The van der Waals surface area contributed by atoms with Gasteiger partial charge in [-0.1, -0.05) is 216 Å². The summed E-state index contributed by atoms with van der Waals surface area (Å²) in [5.74, 6) is -0.968. The van der Waals surface area contributed by atoms with Gasteiger partial charge in [-0.25, -0.2) is 0 Å². The Bertz CT molecular complexity index is 1190. The van der Waals surface area contributed by atoms with E-state index in [1.165, 1.54) is 116 Å². The lowest BCUT2D eigenvalue weighted by molar-refractivity contribution is -0.167. The van der Waals surface area contributed by atoms with E-state index < -0.39 is 6.10 Å². The Labute approximate surface area is 389 Å². The van der Waals surface area contributed by atoms with Crippen LogP contribution in [0.25, 0.3) is 0 Å². The number of rotatable bonds is 47. The minimum Gasteiger partial charge on any atom is -0.462 e. The molecule has 0 fully saturated rings. The van der Waals surface area contributed by atoms with Crippen LogP contribution in [0.5, 0.6) is 0 Å². The zero-order valence-electron chi connectivity index (χ0n) is 41.3. The lowest BCUT2D eigenvalue weighted by Crippen LogP contribution is -2.30. The molecular weight excluding hydrogens is 781 g/mol. The fourth-order valence-corrected chi connectivity index (χ4v) is 7.17. The van der Waals surface area contributed by atoms with Crippen LogP contribution in [0.1, 0.15) is 252 Å². The molecule has 362 valence electrons. The zero-order valence-corrected chi connectivity index (χ0v) is 41.3. The van der Waals surface area contributed by atoms with Crippen molar-refractivity contribution >= 4 is 17.9 Å². The SMILES string of the molecule is CCCCC/C=C\C/C=C\C/C=C\C/C=C\CCCC(=O)O[C@H](COC(=O)CCCCCCC/C=C\C/C=C\CCCCC)COC(=O)CCCCCCCCCCCCCCC. The number of carbonyl (C=O) groups is 3. The second-order valence-corrected chi connectivity index (χ2v) is 17.4. The highest BCUT2D eigenvalue weighted by molar-refractivity contribution is 5.71. The average molecular weight is 879 g/mol. The van der Waals surface area contributed by atoms with Crippen LogP contribution >= 0.6 is 0 Å². The van der Waals surface area contributed by atoms with E-state index in [0.29, 0.717) is 19.3 Å². The van der Waals surface area contributed by atoms with Crippen molar-refractivity contribution < 1.29 is 28.6 Å². The summed E-state index contributed by atoms with van der Waals surface area (Å²) in [5.41, 5.74) is 0. The number of esters is 3. The average Bonchev–Trinajstić information content (AvgIpc) is 3.28. The lowest BCUT2D eigenvalue weighted by Gasteiger charge is -2.18. The van der Waals surface area contributed by atoms with Crippen LogP contribution in [-0.2, 0) is 28.6 Å². The third-order valence-corrected chi connectivity index (χ3v) is 11.2. The minimum absolute atomic E-state index is 0.100. The fourth-order valence-electron chi connectivity index (χ4n) is 7.17. The summed E-state index contributed by atoms with van der Waals surface area (Å²) in [7, 11) is 0. The Balaban J connectivity index is 4.49. The van der Waals surface area contributed by atoms with E-state index in [1.54, 1.807) is 0 Å². The summed E-state index contributed by atoms with van der Waals surface area (Å²) in [4.78, 5) is 38.0. The second kappa shape index (κ2) is 51.5. The minimum atomic E-state index is -0.807. The summed E-state index contributed by atoms with van der Waals surface area (Å²) in [6, 6.07) is 0. The van der Waals surface area contributed by atoms with Crippen LogP contribution in [0.3, 0.4) is 0 Å². The van der Waals surface area contributed by atoms with E-state index in [2.05, 4.69) is 93.7 Å². The topological polar surface area (TPSA) is 78.9 Å². The smallest absolute Gasteiger partial charge is 0.306 e. The first-order valence-corrected chi connectivity index (χ1v) is 26.4. The van der Waals surface area contributed by atoms with E-state index in [0.717, 1.165) is 89.9 Å². The second-order valence-electron chi connectivity index (χ2n) is 17.4. The molecule has 6 nitrogen and oxygen atoms in total. The molecule has 6 heteroatoms. The molecule has 0 bridgehead atoms. The number of allylic oxidation sites excluding steroid dienone is 12. The maximum Gasteiger partial charge on any atom is 0.306 e. The molecule has 0 aromatic rings. The summed E-state index contributed by atoms with van der Waals surface area (Å²) >= 11 is 0. The standard InChI is InChI=1S/C57H98O6/c1-4-7-10-13-16-19-22-25-27-28-30-33-36-39-42-45-48-51-57(60)63-54(52-61-55(58)49-46-43-40-37-34-31-24-21-18-15-12-9-6-3)53-62-56(59)50-47-44-41-38-35-32-29-26-23-20-17-14-11-8-5-2/h16-17,19-20,25-27,29-30,33,39,42,54H,4-15,18,21-24,28,31-32,34-38,40-41,43-53H2,1-3H3/b19-16-,20-17-,27-25-,29-26-,33-30-,42-39-/t54-/m0/s1. The highest BCUT2D eigenvalue weighted by Crippen LogP contribution is 2.14. The number of carbonyl (C=O) groups excluding carboxylic acids is 3. The van der Waals surface area contributed by atoms with Gasteiger partial charge in [-0.05, 0) is 89.9 Å². The van der Waals surface area contributed by atoms with Crippen molar-refractivity contribution in [2.24, 2.45) is 0 Å². The van der Waals surface area contributed by atoms with E-state index in [9.17, 15) is 14.4 Å².